The van der Waals surface area contributed by atoms with Gasteiger partial charge in [0.05, 0.1) is 12.8 Å². The molecule has 0 amide bonds. The van der Waals surface area contributed by atoms with E-state index in [1.165, 1.54) is 19.1 Å². The average Bonchev–Trinajstić information content (AvgIpc) is 2.81. The lowest BCUT2D eigenvalue weighted by atomic mass is 10.1. The number of hydrogen-bond donors (Lipinski definition) is 0. The summed E-state index contributed by atoms with van der Waals surface area (Å²) in [5, 5.41) is 0. The molecule has 1 aromatic carbocycles. The number of rotatable bonds is 4. The maximum Gasteiger partial charge on any atom is 0.161 e. The molecule has 4 heteroatoms. The highest BCUT2D eigenvalue weighted by Crippen LogP contribution is 2.23. The number of benzene rings is 1. The summed E-state index contributed by atoms with van der Waals surface area (Å²) < 4.78 is 18.4. The summed E-state index contributed by atoms with van der Waals surface area (Å²) in [7, 11) is 1.84. The van der Waals surface area contributed by atoms with Crippen LogP contribution in [0.3, 0.4) is 0 Å². The Kier molecular flexibility index (Phi) is 3.46. The van der Waals surface area contributed by atoms with Crippen molar-refractivity contribution in [3.63, 3.8) is 0 Å². The third kappa shape index (κ3) is 2.59. The van der Waals surface area contributed by atoms with Crippen molar-refractivity contribution in [2.45, 2.75) is 13.5 Å². The molecule has 2 aromatic rings. The molecule has 0 N–H and O–H groups in total. The fourth-order valence-corrected chi connectivity index (χ4v) is 1.84. The topological polar surface area (TPSA) is 33.5 Å². The lowest BCUT2D eigenvalue weighted by Gasteiger charge is -2.20. The number of nitrogens with zero attached hydrogens (tertiary/aromatic N) is 1. The van der Waals surface area contributed by atoms with Crippen LogP contribution in [0.2, 0.25) is 0 Å². The van der Waals surface area contributed by atoms with E-state index >= 15 is 0 Å². The molecular formula is C14H14FNO2. The van der Waals surface area contributed by atoms with Crippen LogP contribution in [-0.4, -0.2) is 12.8 Å². The molecule has 0 unspecified atom stereocenters. The summed E-state index contributed by atoms with van der Waals surface area (Å²) in [4.78, 5) is 13.4. The Balaban J connectivity index is 2.29. The standard InChI is InChI=1S/C14H14FNO2/c1-10(17)13-8-11(15)5-6-14(13)16(2)9-12-4-3-7-18-12/h3-8H,9H2,1-2H3. The first-order chi connectivity index (χ1) is 8.58. The van der Waals surface area contributed by atoms with Gasteiger partial charge in [-0.25, -0.2) is 4.39 Å². The minimum Gasteiger partial charge on any atom is -0.467 e. The molecule has 0 fully saturated rings. The average molecular weight is 247 g/mol. The van der Waals surface area contributed by atoms with E-state index in [4.69, 9.17) is 4.42 Å². The number of carbonyl (C=O) groups excluding carboxylic acids is 1. The number of hydrogen-bond acceptors (Lipinski definition) is 3. The molecule has 0 saturated heterocycles. The molecular weight excluding hydrogens is 233 g/mol. The van der Waals surface area contributed by atoms with Gasteiger partial charge in [-0.2, -0.15) is 0 Å². The van der Waals surface area contributed by atoms with E-state index in [1.807, 2.05) is 18.0 Å². The SMILES string of the molecule is CC(=O)c1cc(F)ccc1N(C)Cc1ccco1. The minimum atomic E-state index is -0.407. The van der Waals surface area contributed by atoms with E-state index in [1.54, 1.807) is 18.4 Å². The van der Waals surface area contributed by atoms with Gasteiger partial charge in [-0.05, 0) is 37.3 Å². The number of anilines is 1. The molecule has 3 nitrogen and oxygen atoms in total. The van der Waals surface area contributed by atoms with E-state index in [-0.39, 0.29) is 5.78 Å². The van der Waals surface area contributed by atoms with Crippen LogP contribution in [0.25, 0.3) is 0 Å². The van der Waals surface area contributed by atoms with E-state index in [0.29, 0.717) is 17.8 Å². The van der Waals surface area contributed by atoms with Gasteiger partial charge >= 0.3 is 0 Å². The van der Waals surface area contributed by atoms with Crippen molar-refractivity contribution in [1.29, 1.82) is 0 Å². The van der Waals surface area contributed by atoms with Crippen molar-refractivity contribution < 1.29 is 13.6 Å². The molecule has 0 aliphatic heterocycles. The first-order valence-electron chi connectivity index (χ1n) is 5.62. The van der Waals surface area contributed by atoms with Gasteiger partial charge in [0.1, 0.15) is 11.6 Å². The number of Topliss-reactive ketones (excluding diaryl/α,β-unsaturated/α-hetero) is 1. The lowest BCUT2D eigenvalue weighted by Crippen LogP contribution is -2.18. The van der Waals surface area contributed by atoms with Crippen molar-refractivity contribution >= 4 is 11.5 Å². The number of halogens is 1. The van der Waals surface area contributed by atoms with Gasteiger partial charge in [-0.1, -0.05) is 0 Å². The highest BCUT2D eigenvalue weighted by Gasteiger charge is 2.13. The van der Waals surface area contributed by atoms with Crippen molar-refractivity contribution in [3.8, 4) is 0 Å². The second-order valence-electron chi connectivity index (χ2n) is 4.15. The molecule has 0 bridgehead atoms. The van der Waals surface area contributed by atoms with Crippen LogP contribution >= 0.6 is 0 Å². The predicted molar refractivity (Wildman–Crippen MR) is 67.2 cm³/mol. The zero-order chi connectivity index (χ0) is 13.1. The lowest BCUT2D eigenvalue weighted by molar-refractivity contribution is 0.101. The molecule has 2 rings (SSSR count). The zero-order valence-electron chi connectivity index (χ0n) is 10.3. The highest BCUT2D eigenvalue weighted by molar-refractivity contribution is 5.99. The predicted octanol–water partition coefficient (Wildman–Crippen LogP) is 3.26. The second kappa shape index (κ2) is 5.04. The Morgan fingerprint density at radius 3 is 2.78 bits per heavy atom. The monoisotopic (exact) mass is 247 g/mol. The van der Waals surface area contributed by atoms with Gasteiger partial charge < -0.3 is 9.32 Å². The summed E-state index contributed by atoms with van der Waals surface area (Å²) >= 11 is 0. The Morgan fingerprint density at radius 2 is 2.17 bits per heavy atom. The van der Waals surface area contributed by atoms with Gasteiger partial charge in [0.25, 0.3) is 0 Å². The summed E-state index contributed by atoms with van der Waals surface area (Å²) in [6, 6.07) is 7.87. The van der Waals surface area contributed by atoms with E-state index in [0.717, 1.165) is 5.76 Å². The maximum atomic E-state index is 13.2. The maximum absolute atomic E-state index is 13.2. The Labute approximate surface area is 105 Å². The number of furan rings is 1. The Hall–Kier alpha value is -2.10. The molecule has 0 spiro atoms. The first-order valence-corrected chi connectivity index (χ1v) is 5.62. The van der Waals surface area contributed by atoms with Gasteiger partial charge in [0.15, 0.2) is 5.78 Å². The summed E-state index contributed by atoms with van der Waals surface area (Å²) in [5.74, 6) is 0.225. The normalized spacial score (nSPS) is 10.4. The third-order valence-corrected chi connectivity index (χ3v) is 2.72. The van der Waals surface area contributed by atoms with Gasteiger partial charge in [-0.3, -0.25) is 4.79 Å². The smallest absolute Gasteiger partial charge is 0.161 e. The number of ketones is 1. The van der Waals surface area contributed by atoms with Crippen molar-refractivity contribution in [3.05, 3.63) is 53.7 Å². The quantitative estimate of drug-likeness (QED) is 0.777. The van der Waals surface area contributed by atoms with Gasteiger partial charge in [-0.15, -0.1) is 0 Å². The largest absolute Gasteiger partial charge is 0.467 e. The number of carbonyl (C=O) groups is 1. The van der Waals surface area contributed by atoms with Crippen LogP contribution in [-0.2, 0) is 6.54 Å². The fourth-order valence-electron chi connectivity index (χ4n) is 1.84. The third-order valence-electron chi connectivity index (χ3n) is 2.72. The van der Waals surface area contributed by atoms with Crippen LogP contribution in [0.5, 0.6) is 0 Å². The van der Waals surface area contributed by atoms with Crippen molar-refractivity contribution in [1.82, 2.24) is 0 Å². The van der Waals surface area contributed by atoms with Crippen LogP contribution < -0.4 is 4.90 Å². The summed E-state index contributed by atoms with van der Waals surface area (Å²) in [6.07, 6.45) is 1.60. The van der Waals surface area contributed by atoms with Crippen molar-refractivity contribution in [2.75, 3.05) is 11.9 Å². The molecule has 18 heavy (non-hydrogen) atoms. The Bertz CT molecular complexity index is 549. The highest BCUT2D eigenvalue weighted by atomic mass is 19.1. The fraction of sp³-hybridized carbons (Fsp3) is 0.214. The molecule has 0 aliphatic rings. The zero-order valence-corrected chi connectivity index (χ0v) is 10.3. The molecule has 0 radical (unpaired) electrons. The van der Waals surface area contributed by atoms with E-state index in [9.17, 15) is 9.18 Å². The Morgan fingerprint density at radius 1 is 1.39 bits per heavy atom. The van der Waals surface area contributed by atoms with Crippen LogP contribution in [0.15, 0.2) is 41.0 Å². The molecule has 94 valence electrons. The van der Waals surface area contributed by atoms with Crippen LogP contribution in [0, 0.1) is 5.82 Å². The first kappa shape index (κ1) is 12.4. The van der Waals surface area contributed by atoms with Gasteiger partial charge in [0, 0.05) is 18.3 Å². The van der Waals surface area contributed by atoms with E-state index in [2.05, 4.69) is 0 Å². The molecule has 0 saturated carbocycles. The van der Waals surface area contributed by atoms with Crippen molar-refractivity contribution in [2.24, 2.45) is 0 Å². The molecule has 1 aromatic heterocycles. The molecule has 0 atom stereocenters. The van der Waals surface area contributed by atoms with Gasteiger partial charge in [0.2, 0.25) is 0 Å². The summed E-state index contributed by atoms with van der Waals surface area (Å²) in [5.41, 5.74) is 1.07. The molecule has 0 aliphatic carbocycles. The molecule has 1 heterocycles. The van der Waals surface area contributed by atoms with Crippen LogP contribution in [0.1, 0.15) is 23.0 Å². The van der Waals surface area contributed by atoms with Crippen LogP contribution in [0.4, 0.5) is 10.1 Å². The minimum absolute atomic E-state index is 0.157. The second-order valence-corrected chi connectivity index (χ2v) is 4.15. The van der Waals surface area contributed by atoms with E-state index < -0.39 is 5.82 Å². The summed E-state index contributed by atoms with van der Waals surface area (Å²) in [6.45, 7) is 1.96.